The number of thiazole rings is 1. The number of hydrogen-bond acceptors (Lipinski definition) is 5. The number of carbonyl (C=O) groups is 2. The van der Waals surface area contributed by atoms with E-state index >= 15 is 0 Å². The Morgan fingerprint density at radius 3 is 2.85 bits per heavy atom. The van der Waals surface area contributed by atoms with E-state index in [4.69, 9.17) is 4.74 Å². The quantitative estimate of drug-likeness (QED) is 0.808. The van der Waals surface area contributed by atoms with Crippen molar-refractivity contribution < 1.29 is 14.3 Å². The maximum atomic E-state index is 12.8. The molecule has 0 atom stereocenters. The third-order valence-electron chi connectivity index (χ3n) is 4.45. The van der Waals surface area contributed by atoms with Crippen molar-refractivity contribution >= 4 is 23.2 Å². The number of carbonyl (C=O) groups excluding carboxylic acids is 2. The van der Waals surface area contributed by atoms with Crippen LogP contribution in [0.25, 0.3) is 0 Å². The lowest BCUT2D eigenvalue weighted by molar-refractivity contribution is -0.135. The van der Waals surface area contributed by atoms with Crippen molar-refractivity contribution in [2.24, 2.45) is 0 Å². The summed E-state index contributed by atoms with van der Waals surface area (Å²) in [6.45, 7) is 5.59. The van der Waals surface area contributed by atoms with E-state index in [1.807, 2.05) is 38.1 Å². The highest BCUT2D eigenvalue weighted by Gasteiger charge is 2.29. The second-order valence-corrected chi connectivity index (χ2v) is 7.46. The van der Waals surface area contributed by atoms with E-state index in [-0.39, 0.29) is 18.4 Å². The molecule has 7 heteroatoms. The zero-order chi connectivity index (χ0) is 18.7. The van der Waals surface area contributed by atoms with E-state index in [0.29, 0.717) is 24.5 Å². The van der Waals surface area contributed by atoms with Crippen molar-refractivity contribution in [1.82, 2.24) is 14.8 Å². The molecule has 0 aliphatic carbocycles. The van der Waals surface area contributed by atoms with Gasteiger partial charge in [-0.2, -0.15) is 0 Å². The first-order valence-corrected chi connectivity index (χ1v) is 9.49. The topological polar surface area (TPSA) is 62.7 Å². The zero-order valence-electron chi connectivity index (χ0n) is 15.3. The average Bonchev–Trinajstić information content (AvgIpc) is 3.03. The van der Waals surface area contributed by atoms with E-state index in [2.05, 4.69) is 4.98 Å². The van der Waals surface area contributed by atoms with Crippen molar-refractivity contribution in [2.45, 2.75) is 26.8 Å². The minimum Gasteiger partial charge on any atom is -0.497 e. The molecule has 1 aliphatic rings. The number of methoxy groups -OCH3 is 1. The summed E-state index contributed by atoms with van der Waals surface area (Å²) in [5, 5.41) is 0.883. The average molecular weight is 373 g/mol. The minimum absolute atomic E-state index is 0.0355. The van der Waals surface area contributed by atoms with Crippen molar-refractivity contribution in [3.05, 3.63) is 45.4 Å². The van der Waals surface area contributed by atoms with Crippen LogP contribution in [0.3, 0.4) is 0 Å². The van der Waals surface area contributed by atoms with Gasteiger partial charge < -0.3 is 14.5 Å². The summed E-state index contributed by atoms with van der Waals surface area (Å²) in [5.74, 6) is 0.657. The van der Waals surface area contributed by atoms with Crippen LogP contribution >= 0.6 is 11.3 Å². The largest absolute Gasteiger partial charge is 0.497 e. The molecule has 0 N–H and O–H groups in total. The number of aryl methyl sites for hydroxylation is 2. The Hall–Kier alpha value is -2.41. The first kappa shape index (κ1) is 18.4. The zero-order valence-corrected chi connectivity index (χ0v) is 16.1. The summed E-state index contributed by atoms with van der Waals surface area (Å²) in [6, 6.07) is 7.69. The van der Waals surface area contributed by atoms with Crippen molar-refractivity contribution in [2.75, 3.05) is 26.7 Å². The Morgan fingerprint density at radius 2 is 2.15 bits per heavy atom. The van der Waals surface area contributed by atoms with Crippen LogP contribution in [0.5, 0.6) is 5.75 Å². The number of piperazine rings is 1. The van der Waals surface area contributed by atoms with Crippen LogP contribution in [0.1, 0.15) is 32.9 Å². The molecule has 1 aliphatic heterocycles. The van der Waals surface area contributed by atoms with Crippen LogP contribution < -0.4 is 4.74 Å². The summed E-state index contributed by atoms with van der Waals surface area (Å²) in [4.78, 5) is 33.8. The van der Waals surface area contributed by atoms with E-state index in [9.17, 15) is 9.59 Å². The van der Waals surface area contributed by atoms with Gasteiger partial charge in [-0.05, 0) is 31.0 Å². The molecule has 2 aromatic rings. The Bertz CT molecular complexity index is 818. The molecule has 1 saturated heterocycles. The number of rotatable bonds is 5. The third-order valence-corrected chi connectivity index (χ3v) is 5.45. The van der Waals surface area contributed by atoms with Gasteiger partial charge in [0.15, 0.2) is 0 Å². The molecule has 0 spiro atoms. The summed E-state index contributed by atoms with van der Waals surface area (Å²) >= 11 is 1.41. The number of nitrogens with zero attached hydrogens (tertiary/aromatic N) is 3. The van der Waals surface area contributed by atoms with Crippen molar-refractivity contribution in [1.29, 1.82) is 0 Å². The predicted molar refractivity (Wildman–Crippen MR) is 101 cm³/mol. The smallest absolute Gasteiger partial charge is 0.266 e. The Morgan fingerprint density at radius 1 is 1.35 bits per heavy atom. The summed E-state index contributed by atoms with van der Waals surface area (Å²) in [5.41, 5.74) is 1.84. The van der Waals surface area contributed by atoms with Crippen molar-refractivity contribution in [3.8, 4) is 5.75 Å². The summed E-state index contributed by atoms with van der Waals surface area (Å²) in [6.07, 6.45) is 0.717. The highest BCUT2D eigenvalue weighted by Crippen LogP contribution is 2.22. The molecule has 0 saturated carbocycles. The van der Waals surface area contributed by atoms with E-state index in [1.54, 1.807) is 16.9 Å². The van der Waals surface area contributed by atoms with Gasteiger partial charge in [-0.15, -0.1) is 11.3 Å². The van der Waals surface area contributed by atoms with Crippen LogP contribution in [0.4, 0.5) is 0 Å². The number of ether oxygens (including phenoxy) is 1. The third kappa shape index (κ3) is 3.88. The Balaban J connectivity index is 1.66. The molecule has 138 valence electrons. The van der Waals surface area contributed by atoms with Crippen LogP contribution in [0.15, 0.2) is 24.3 Å². The lowest BCUT2D eigenvalue weighted by atomic mass is 10.1. The lowest BCUT2D eigenvalue weighted by Gasteiger charge is -2.34. The second kappa shape index (κ2) is 7.86. The van der Waals surface area contributed by atoms with Gasteiger partial charge >= 0.3 is 0 Å². The molecule has 1 aromatic carbocycles. The second-order valence-electron chi connectivity index (χ2n) is 6.26. The van der Waals surface area contributed by atoms with Gasteiger partial charge in [-0.3, -0.25) is 9.59 Å². The van der Waals surface area contributed by atoms with Gasteiger partial charge in [0.2, 0.25) is 5.91 Å². The fourth-order valence-electron chi connectivity index (χ4n) is 3.06. The molecule has 3 rings (SSSR count). The monoisotopic (exact) mass is 373 g/mol. The highest BCUT2D eigenvalue weighted by atomic mass is 32.1. The van der Waals surface area contributed by atoms with Gasteiger partial charge in [-0.25, -0.2) is 4.98 Å². The molecule has 1 aromatic heterocycles. The molecule has 26 heavy (non-hydrogen) atoms. The van der Waals surface area contributed by atoms with Crippen LogP contribution in [-0.4, -0.2) is 53.3 Å². The molecule has 2 amide bonds. The minimum atomic E-state index is -0.0816. The molecular weight excluding hydrogens is 350 g/mol. The first-order valence-electron chi connectivity index (χ1n) is 8.68. The molecule has 0 radical (unpaired) electrons. The predicted octanol–water partition coefficient (Wildman–Crippen LogP) is 2.51. The normalized spacial score (nSPS) is 14.7. The van der Waals surface area contributed by atoms with Crippen LogP contribution in [0.2, 0.25) is 0 Å². The van der Waals surface area contributed by atoms with Gasteiger partial charge in [0.25, 0.3) is 5.91 Å². The summed E-state index contributed by atoms with van der Waals surface area (Å²) in [7, 11) is 1.63. The standard InChI is InChI=1S/C19H23N3O3S/c1-4-16-18(26-13(2)20-16)19(24)22-9-8-21(17(23)12-22)11-14-6-5-7-15(10-14)25-3/h5-7,10H,4,8-9,11-12H2,1-3H3. The van der Waals surface area contributed by atoms with Gasteiger partial charge in [-0.1, -0.05) is 19.1 Å². The Kier molecular flexibility index (Phi) is 5.56. The van der Waals surface area contributed by atoms with Crippen LogP contribution in [-0.2, 0) is 17.8 Å². The molecular formula is C19H23N3O3S. The lowest BCUT2D eigenvalue weighted by Crippen LogP contribution is -2.51. The first-order chi connectivity index (χ1) is 12.5. The molecule has 0 bridgehead atoms. The molecule has 1 fully saturated rings. The van der Waals surface area contributed by atoms with Gasteiger partial charge in [0, 0.05) is 19.6 Å². The molecule has 0 unspecified atom stereocenters. The fourth-order valence-corrected chi connectivity index (χ4v) is 4.04. The van der Waals surface area contributed by atoms with Gasteiger partial charge in [0.1, 0.15) is 17.2 Å². The van der Waals surface area contributed by atoms with Crippen LogP contribution in [0, 0.1) is 6.92 Å². The fraction of sp³-hybridized carbons (Fsp3) is 0.421. The van der Waals surface area contributed by atoms with E-state index in [0.717, 1.165) is 28.4 Å². The van der Waals surface area contributed by atoms with Crippen molar-refractivity contribution in [3.63, 3.8) is 0 Å². The number of benzene rings is 1. The summed E-state index contributed by atoms with van der Waals surface area (Å²) < 4.78 is 5.23. The van der Waals surface area contributed by atoms with Gasteiger partial charge in [0.05, 0.1) is 17.8 Å². The maximum Gasteiger partial charge on any atom is 0.266 e. The highest BCUT2D eigenvalue weighted by molar-refractivity contribution is 7.13. The van der Waals surface area contributed by atoms with E-state index < -0.39 is 0 Å². The molecule has 2 heterocycles. The number of hydrogen-bond donors (Lipinski definition) is 0. The SMILES string of the molecule is CCc1nc(C)sc1C(=O)N1CCN(Cc2cccc(OC)c2)C(=O)C1. The molecule has 6 nitrogen and oxygen atoms in total. The Labute approximate surface area is 157 Å². The number of aromatic nitrogens is 1. The number of amides is 2. The van der Waals surface area contributed by atoms with E-state index in [1.165, 1.54) is 11.3 Å². The maximum absolute atomic E-state index is 12.8.